The van der Waals surface area contributed by atoms with Crippen molar-refractivity contribution >= 4 is 27.3 Å². The first kappa shape index (κ1) is 15.6. The highest BCUT2D eigenvalue weighted by Crippen LogP contribution is 2.25. The maximum absolute atomic E-state index is 12.8. The van der Waals surface area contributed by atoms with Crippen LogP contribution < -0.4 is 10.5 Å². The summed E-state index contributed by atoms with van der Waals surface area (Å²) in [5.41, 5.74) is 0.325. The third kappa shape index (κ3) is 3.87. The Bertz CT molecular complexity index is 754. The summed E-state index contributed by atoms with van der Waals surface area (Å²) in [6.45, 7) is 1.72. The number of hydrogen-bond acceptors (Lipinski definition) is 4. The molecule has 5 nitrogen and oxygen atoms in total. The van der Waals surface area contributed by atoms with Crippen molar-refractivity contribution in [2.24, 2.45) is 5.14 Å². The smallest absolute Gasteiger partial charge is 0.251 e. The molecule has 0 aliphatic carbocycles. The molecule has 21 heavy (non-hydrogen) atoms. The van der Waals surface area contributed by atoms with Crippen LogP contribution in [0.4, 0.5) is 4.39 Å². The summed E-state index contributed by atoms with van der Waals surface area (Å²) in [4.78, 5) is 12.6. The molecule has 0 fully saturated rings. The minimum Gasteiger partial charge on any atom is -0.345 e. The predicted molar refractivity (Wildman–Crippen MR) is 78.0 cm³/mol. The molecule has 0 spiro atoms. The van der Waals surface area contributed by atoms with E-state index in [-0.39, 0.29) is 16.2 Å². The zero-order valence-corrected chi connectivity index (χ0v) is 12.7. The summed E-state index contributed by atoms with van der Waals surface area (Å²) in [7, 11) is -3.74. The van der Waals surface area contributed by atoms with Gasteiger partial charge in [-0.1, -0.05) is 0 Å². The monoisotopic (exact) mass is 328 g/mol. The van der Waals surface area contributed by atoms with E-state index in [2.05, 4.69) is 5.32 Å². The number of hydrogen-bond donors (Lipinski definition) is 2. The number of nitrogens with two attached hydrogens (primary N) is 1. The summed E-state index contributed by atoms with van der Waals surface area (Å²) in [5.74, 6) is -0.788. The maximum atomic E-state index is 12.8. The van der Waals surface area contributed by atoms with Crippen molar-refractivity contribution in [2.45, 2.75) is 17.2 Å². The van der Waals surface area contributed by atoms with Gasteiger partial charge in [-0.25, -0.2) is 17.9 Å². The standard InChI is InChI=1S/C13H13FN2O3S2/c1-8(11-6-7-12(20-11)21(15,18)19)16-13(17)9-2-4-10(14)5-3-9/h2-8H,1H3,(H,16,17)(H2,15,18,19). The van der Waals surface area contributed by atoms with Crippen molar-refractivity contribution in [2.75, 3.05) is 0 Å². The number of primary sulfonamides is 1. The van der Waals surface area contributed by atoms with Gasteiger partial charge < -0.3 is 5.32 Å². The summed E-state index contributed by atoms with van der Waals surface area (Å²) < 4.78 is 35.3. The highest BCUT2D eigenvalue weighted by Gasteiger charge is 2.17. The highest BCUT2D eigenvalue weighted by atomic mass is 32.2. The number of thiophene rings is 1. The van der Waals surface area contributed by atoms with E-state index in [9.17, 15) is 17.6 Å². The number of amides is 1. The van der Waals surface area contributed by atoms with E-state index in [4.69, 9.17) is 5.14 Å². The normalized spacial score (nSPS) is 12.9. The van der Waals surface area contributed by atoms with Gasteiger partial charge in [0, 0.05) is 10.4 Å². The van der Waals surface area contributed by atoms with Crippen LogP contribution in [0.5, 0.6) is 0 Å². The van der Waals surface area contributed by atoms with Gasteiger partial charge in [0.2, 0.25) is 10.0 Å². The topological polar surface area (TPSA) is 89.3 Å². The van der Waals surface area contributed by atoms with Crippen LogP contribution in [-0.4, -0.2) is 14.3 Å². The van der Waals surface area contributed by atoms with E-state index in [0.717, 1.165) is 11.3 Å². The number of carbonyl (C=O) groups excluding carboxylic acids is 1. The van der Waals surface area contributed by atoms with Crippen LogP contribution in [0.15, 0.2) is 40.6 Å². The number of benzene rings is 1. The van der Waals surface area contributed by atoms with Gasteiger partial charge in [0.05, 0.1) is 6.04 Å². The molecular weight excluding hydrogens is 315 g/mol. The molecule has 0 aliphatic heterocycles. The third-order valence-corrected chi connectivity index (χ3v) is 5.47. The minimum atomic E-state index is -3.74. The van der Waals surface area contributed by atoms with Gasteiger partial charge in [-0.2, -0.15) is 0 Å². The molecule has 0 aliphatic rings. The van der Waals surface area contributed by atoms with Gasteiger partial charge in [-0.05, 0) is 43.3 Å². The van der Waals surface area contributed by atoms with E-state index < -0.39 is 15.8 Å². The Kier molecular flexibility index (Phi) is 4.40. The quantitative estimate of drug-likeness (QED) is 0.900. The third-order valence-electron chi connectivity index (χ3n) is 2.76. The summed E-state index contributed by atoms with van der Waals surface area (Å²) in [6.07, 6.45) is 0. The molecule has 0 saturated heterocycles. The summed E-state index contributed by atoms with van der Waals surface area (Å²) >= 11 is 1.000. The van der Waals surface area contributed by atoms with Crippen LogP contribution >= 0.6 is 11.3 Å². The second kappa shape index (κ2) is 5.92. The van der Waals surface area contributed by atoms with E-state index in [1.165, 1.54) is 30.3 Å². The summed E-state index contributed by atoms with van der Waals surface area (Å²) in [5, 5.41) is 7.75. The van der Waals surface area contributed by atoms with Crippen LogP contribution in [0.25, 0.3) is 0 Å². The Morgan fingerprint density at radius 1 is 1.24 bits per heavy atom. The van der Waals surface area contributed by atoms with Crippen molar-refractivity contribution in [3.8, 4) is 0 Å². The fourth-order valence-corrected chi connectivity index (χ4v) is 3.42. The van der Waals surface area contributed by atoms with Crippen molar-refractivity contribution in [3.63, 3.8) is 0 Å². The average molecular weight is 328 g/mol. The first-order valence-electron chi connectivity index (χ1n) is 5.96. The van der Waals surface area contributed by atoms with Gasteiger partial charge in [-0.3, -0.25) is 4.79 Å². The lowest BCUT2D eigenvalue weighted by molar-refractivity contribution is 0.0940. The zero-order valence-electron chi connectivity index (χ0n) is 11.0. The number of sulfonamides is 1. The Labute approximate surface area is 125 Å². The van der Waals surface area contributed by atoms with Crippen LogP contribution in [0.1, 0.15) is 28.2 Å². The van der Waals surface area contributed by atoms with Gasteiger partial charge >= 0.3 is 0 Å². The Morgan fingerprint density at radius 3 is 2.38 bits per heavy atom. The van der Waals surface area contributed by atoms with Gasteiger partial charge in [0.1, 0.15) is 10.0 Å². The molecule has 1 aromatic heterocycles. The first-order valence-corrected chi connectivity index (χ1v) is 8.32. The fourth-order valence-electron chi connectivity index (χ4n) is 1.67. The van der Waals surface area contributed by atoms with Crippen molar-refractivity contribution in [3.05, 3.63) is 52.7 Å². The van der Waals surface area contributed by atoms with E-state index in [0.29, 0.717) is 10.4 Å². The Balaban J connectivity index is 2.11. The van der Waals surface area contributed by atoms with Gasteiger partial charge in [0.15, 0.2) is 0 Å². The van der Waals surface area contributed by atoms with Crippen LogP contribution in [0.3, 0.4) is 0 Å². The molecule has 1 unspecified atom stereocenters. The van der Waals surface area contributed by atoms with Crippen LogP contribution in [0.2, 0.25) is 0 Å². The second-order valence-electron chi connectivity index (χ2n) is 4.40. The van der Waals surface area contributed by atoms with Crippen molar-refractivity contribution in [1.82, 2.24) is 5.32 Å². The molecule has 0 bridgehead atoms. The van der Waals surface area contributed by atoms with Crippen LogP contribution in [0, 0.1) is 5.82 Å². The van der Waals surface area contributed by atoms with E-state index in [1.807, 2.05) is 0 Å². The van der Waals surface area contributed by atoms with Gasteiger partial charge in [-0.15, -0.1) is 11.3 Å². The molecule has 1 amide bonds. The Hall–Kier alpha value is -1.77. The molecule has 8 heteroatoms. The number of nitrogens with one attached hydrogen (secondary N) is 1. The van der Waals surface area contributed by atoms with Crippen molar-refractivity contribution in [1.29, 1.82) is 0 Å². The van der Waals surface area contributed by atoms with E-state index >= 15 is 0 Å². The maximum Gasteiger partial charge on any atom is 0.251 e. The molecule has 2 aromatic rings. The average Bonchev–Trinajstić information content (AvgIpc) is 2.88. The largest absolute Gasteiger partial charge is 0.345 e. The first-order chi connectivity index (χ1) is 9.77. The van der Waals surface area contributed by atoms with E-state index in [1.54, 1.807) is 13.0 Å². The highest BCUT2D eigenvalue weighted by molar-refractivity contribution is 7.91. The molecule has 3 N–H and O–H groups in total. The number of halogens is 1. The van der Waals surface area contributed by atoms with Crippen molar-refractivity contribution < 1.29 is 17.6 Å². The molecule has 1 atom stereocenters. The fraction of sp³-hybridized carbons (Fsp3) is 0.154. The SMILES string of the molecule is CC(NC(=O)c1ccc(F)cc1)c1ccc(S(N)(=O)=O)s1. The zero-order chi connectivity index (χ0) is 15.6. The molecule has 0 radical (unpaired) electrons. The molecule has 2 rings (SSSR count). The summed E-state index contributed by atoms with van der Waals surface area (Å²) in [6, 6.07) is 7.76. The number of rotatable bonds is 4. The minimum absolute atomic E-state index is 0.0420. The molecule has 1 aromatic carbocycles. The second-order valence-corrected chi connectivity index (χ2v) is 7.31. The molecular formula is C13H13FN2O3S2. The lowest BCUT2D eigenvalue weighted by Gasteiger charge is -2.12. The number of carbonyl (C=O) groups is 1. The lowest BCUT2D eigenvalue weighted by Crippen LogP contribution is -2.26. The predicted octanol–water partition coefficient (Wildman–Crippen LogP) is 2.03. The molecule has 112 valence electrons. The molecule has 1 heterocycles. The van der Waals surface area contributed by atoms with Gasteiger partial charge in [0.25, 0.3) is 5.91 Å². The van der Waals surface area contributed by atoms with Crippen LogP contribution in [-0.2, 0) is 10.0 Å². The lowest BCUT2D eigenvalue weighted by atomic mass is 10.2. The Morgan fingerprint density at radius 2 is 1.86 bits per heavy atom. The molecule has 0 saturated carbocycles.